The van der Waals surface area contributed by atoms with Crippen molar-refractivity contribution in [3.05, 3.63) is 54.2 Å². The Morgan fingerprint density at radius 3 is 2.52 bits per heavy atom. The number of hydrogen-bond donors (Lipinski definition) is 3. The van der Waals surface area contributed by atoms with Gasteiger partial charge in [-0.3, -0.25) is 0 Å². The molecule has 5 nitrogen and oxygen atoms in total. The van der Waals surface area contributed by atoms with Gasteiger partial charge in [-0.15, -0.1) is 0 Å². The summed E-state index contributed by atoms with van der Waals surface area (Å²) in [7, 11) is 0. The highest BCUT2D eigenvalue weighted by Gasteiger charge is 2.03. The molecule has 21 heavy (non-hydrogen) atoms. The van der Waals surface area contributed by atoms with Crippen molar-refractivity contribution in [3.63, 3.8) is 0 Å². The maximum absolute atomic E-state index is 11.6. The van der Waals surface area contributed by atoms with E-state index in [1.54, 1.807) is 6.20 Å². The second-order valence-corrected chi connectivity index (χ2v) is 5.02. The van der Waals surface area contributed by atoms with Gasteiger partial charge < -0.3 is 16.0 Å². The second-order valence-electron chi connectivity index (χ2n) is 5.02. The summed E-state index contributed by atoms with van der Waals surface area (Å²) in [6, 6.07) is 13.6. The number of pyridine rings is 1. The SMILES string of the molecule is CC(C)NC(=O)Nc1ccc(NCc2ccccc2)nc1. The molecule has 0 atom stereocenters. The fraction of sp³-hybridized carbons (Fsp3) is 0.250. The topological polar surface area (TPSA) is 66.1 Å². The predicted molar refractivity (Wildman–Crippen MR) is 85.3 cm³/mol. The molecule has 0 aliphatic rings. The van der Waals surface area contributed by atoms with Crippen molar-refractivity contribution in [3.8, 4) is 0 Å². The number of carbonyl (C=O) groups excluding carboxylic acids is 1. The zero-order valence-corrected chi connectivity index (χ0v) is 12.3. The van der Waals surface area contributed by atoms with Crippen LogP contribution in [0.1, 0.15) is 19.4 Å². The number of carbonyl (C=O) groups is 1. The Balaban J connectivity index is 1.86. The highest BCUT2D eigenvalue weighted by molar-refractivity contribution is 5.89. The molecule has 2 rings (SSSR count). The van der Waals surface area contributed by atoms with Gasteiger partial charge in [0.15, 0.2) is 0 Å². The molecule has 0 aliphatic carbocycles. The van der Waals surface area contributed by atoms with Crippen molar-refractivity contribution < 1.29 is 4.79 Å². The van der Waals surface area contributed by atoms with Gasteiger partial charge in [0, 0.05) is 12.6 Å². The van der Waals surface area contributed by atoms with Gasteiger partial charge in [0.1, 0.15) is 5.82 Å². The predicted octanol–water partition coefficient (Wildman–Crippen LogP) is 3.22. The maximum atomic E-state index is 11.6. The Hall–Kier alpha value is -2.56. The monoisotopic (exact) mass is 284 g/mol. The van der Waals surface area contributed by atoms with Crippen LogP contribution < -0.4 is 16.0 Å². The lowest BCUT2D eigenvalue weighted by Crippen LogP contribution is -2.34. The van der Waals surface area contributed by atoms with Crippen LogP contribution in [0.25, 0.3) is 0 Å². The molecule has 0 aliphatic heterocycles. The van der Waals surface area contributed by atoms with Crippen LogP contribution in [0.2, 0.25) is 0 Å². The summed E-state index contributed by atoms with van der Waals surface area (Å²) in [5.41, 5.74) is 1.86. The van der Waals surface area contributed by atoms with E-state index >= 15 is 0 Å². The summed E-state index contributed by atoms with van der Waals surface area (Å²) in [5, 5.41) is 8.73. The molecular weight excluding hydrogens is 264 g/mol. The molecule has 3 N–H and O–H groups in total. The molecule has 2 amide bonds. The number of nitrogens with zero attached hydrogens (tertiary/aromatic N) is 1. The molecule has 0 saturated carbocycles. The first-order valence-electron chi connectivity index (χ1n) is 6.95. The lowest BCUT2D eigenvalue weighted by molar-refractivity contribution is 0.250. The summed E-state index contributed by atoms with van der Waals surface area (Å²) >= 11 is 0. The van der Waals surface area contributed by atoms with E-state index in [4.69, 9.17) is 0 Å². The molecule has 1 aromatic heterocycles. The van der Waals surface area contributed by atoms with Gasteiger partial charge in [0.05, 0.1) is 11.9 Å². The number of amides is 2. The molecule has 110 valence electrons. The van der Waals surface area contributed by atoms with Crippen LogP contribution in [0.5, 0.6) is 0 Å². The molecule has 1 aromatic carbocycles. The van der Waals surface area contributed by atoms with E-state index in [9.17, 15) is 4.79 Å². The summed E-state index contributed by atoms with van der Waals surface area (Å²) in [4.78, 5) is 15.8. The molecule has 0 saturated heterocycles. The summed E-state index contributed by atoms with van der Waals surface area (Å²) in [6.07, 6.45) is 1.63. The van der Waals surface area contributed by atoms with E-state index in [1.807, 2.05) is 44.2 Å². The number of benzene rings is 1. The van der Waals surface area contributed by atoms with Crippen molar-refractivity contribution >= 4 is 17.5 Å². The van der Waals surface area contributed by atoms with Gasteiger partial charge in [0.25, 0.3) is 0 Å². The first-order valence-corrected chi connectivity index (χ1v) is 6.95. The highest BCUT2D eigenvalue weighted by Crippen LogP contribution is 2.11. The molecule has 0 spiro atoms. The largest absolute Gasteiger partial charge is 0.366 e. The van der Waals surface area contributed by atoms with Crippen molar-refractivity contribution in [2.75, 3.05) is 10.6 Å². The number of nitrogens with one attached hydrogen (secondary N) is 3. The zero-order valence-electron chi connectivity index (χ0n) is 12.3. The van der Waals surface area contributed by atoms with Gasteiger partial charge in [-0.25, -0.2) is 9.78 Å². The molecular formula is C16H20N4O. The molecule has 1 heterocycles. The Kier molecular flexibility index (Phi) is 5.15. The number of rotatable bonds is 5. The fourth-order valence-electron chi connectivity index (χ4n) is 1.79. The first kappa shape index (κ1) is 14.8. The van der Waals surface area contributed by atoms with E-state index < -0.39 is 0 Å². The second kappa shape index (κ2) is 7.28. The maximum Gasteiger partial charge on any atom is 0.319 e. The minimum absolute atomic E-state index is 0.102. The molecule has 0 fully saturated rings. The summed E-state index contributed by atoms with van der Waals surface area (Å²) < 4.78 is 0. The van der Waals surface area contributed by atoms with Crippen molar-refractivity contribution in [1.82, 2.24) is 10.3 Å². The van der Waals surface area contributed by atoms with Crippen molar-refractivity contribution in [1.29, 1.82) is 0 Å². The van der Waals surface area contributed by atoms with Crippen LogP contribution in [0.3, 0.4) is 0 Å². The molecule has 0 bridgehead atoms. The molecule has 5 heteroatoms. The number of urea groups is 1. The Morgan fingerprint density at radius 1 is 1.14 bits per heavy atom. The lowest BCUT2D eigenvalue weighted by Gasteiger charge is -2.10. The van der Waals surface area contributed by atoms with Crippen molar-refractivity contribution in [2.45, 2.75) is 26.4 Å². The van der Waals surface area contributed by atoms with Crippen LogP contribution in [-0.2, 0) is 6.54 Å². The lowest BCUT2D eigenvalue weighted by atomic mass is 10.2. The van der Waals surface area contributed by atoms with Crippen LogP contribution in [0.15, 0.2) is 48.7 Å². The minimum atomic E-state index is -0.225. The van der Waals surface area contributed by atoms with Crippen LogP contribution >= 0.6 is 0 Å². The summed E-state index contributed by atoms with van der Waals surface area (Å²) in [5.74, 6) is 0.772. The molecule has 0 unspecified atom stereocenters. The van der Waals surface area contributed by atoms with Crippen molar-refractivity contribution in [2.24, 2.45) is 0 Å². The van der Waals surface area contributed by atoms with Gasteiger partial charge in [-0.05, 0) is 31.5 Å². The minimum Gasteiger partial charge on any atom is -0.366 e. The van der Waals surface area contributed by atoms with Gasteiger partial charge >= 0.3 is 6.03 Å². The van der Waals surface area contributed by atoms with Gasteiger partial charge in [0.2, 0.25) is 0 Å². The van der Waals surface area contributed by atoms with E-state index in [1.165, 1.54) is 5.56 Å². The normalized spacial score (nSPS) is 10.2. The van der Waals surface area contributed by atoms with Crippen LogP contribution in [0.4, 0.5) is 16.3 Å². The number of anilines is 2. The summed E-state index contributed by atoms with van der Waals surface area (Å²) in [6.45, 7) is 4.54. The number of aromatic nitrogens is 1. The first-order chi connectivity index (χ1) is 10.1. The standard InChI is InChI=1S/C16H20N4O/c1-12(2)19-16(21)20-14-8-9-15(18-11-14)17-10-13-6-4-3-5-7-13/h3-9,11-12H,10H2,1-2H3,(H,17,18)(H2,19,20,21). The number of hydrogen-bond acceptors (Lipinski definition) is 3. The van der Waals surface area contributed by atoms with Gasteiger partial charge in [-0.1, -0.05) is 30.3 Å². The smallest absolute Gasteiger partial charge is 0.319 e. The van der Waals surface area contributed by atoms with E-state index in [0.29, 0.717) is 12.2 Å². The van der Waals surface area contributed by atoms with E-state index in [0.717, 1.165) is 5.82 Å². The highest BCUT2D eigenvalue weighted by atomic mass is 16.2. The quantitative estimate of drug-likeness (QED) is 0.789. The van der Waals surface area contributed by atoms with Gasteiger partial charge in [-0.2, -0.15) is 0 Å². The molecule has 0 radical (unpaired) electrons. The average molecular weight is 284 g/mol. The van der Waals surface area contributed by atoms with E-state index in [-0.39, 0.29) is 12.1 Å². The van der Waals surface area contributed by atoms with Crippen LogP contribution in [0, 0.1) is 0 Å². The Morgan fingerprint density at radius 2 is 1.90 bits per heavy atom. The third kappa shape index (κ3) is 5.14. The zero-order chi connectivity index (χ0) is 15.1. The third-order valence-electron chi connectivity index (χ3n) is 2.76. The average Bonchev–Trinajstić information content (AvgIpc) is 2.47. The molecule has 2 aromatic rings. The fourth-order valence-corrected chi connectivity index (χ4v) is 1.79. The Labute approximate surface area is 124 Å². The van der Waals surface area contributed by atoms with E-state index in [2.05, 4.69) is 33.1 Å². The Bertz CT molecular complexity index is 567. The third-order valence-corrected chi connectivity index (χ3v) is 2.76. The van der Waals surface area contributed by atoms with Crippen LogP contribution in [-0.4, -0.2) is 17.1 Å².